The normalized spacial score (nSPS) is 11.3. The van der Waals surface area contributed by atoms with Crippen molar-refractivity contribution in [1.29, 1.82) is 0 Å². The smallest absolute Gasteiger partial charge is 0.332 e. The first kappa shape index (κ1) is 25.2. The van der Waals surface area contributed by atoms with Gasteiger partial charge in [-0.25, -0.2) is 9.59 Å². The minimum atomic E-state index is -1.31. The Balaban J connectivity index is 2.61. The lowest BCUT2D eigenvalue weighted by atomic mass is 9.85. The molecule has 0 saturated carbocycles. The molecule has 4 N–H and O–H groups in total. The molecule has 2 aromatic heterocycles. The Morgan fingerprint density at radius 1 is 0.765 bits per heavy atom. The van der Waals surface area contributed by atoms with Crippen LogP contribution in [0.15, 0.2) is 31.3 Å². The SMILES string of the molecule is CCOc1cc(Cl)c(C(c2c(N)n(C)c(=O)n(C)c2=O)c2c(N)n(C)c(=O)n(C)c2=O)c(Cl)c1. The van der Waals surface area contributed by atoms with E-state index in [0.29, 0.717) is 12.4 Å². The highest BCUT2D eigenvalue weighted by Gasteiger charge is 2.34. The molecule has 11 nitrogen and oxygen atoms in total. The van der Waals surface area contributed by atoms with Crippen LogP contribution in [0.3, 0.4) is 0 Å². The van der Waals surface area contributed by atoms with Gasteiger partial charge in [-0.15, -0.1) is 0 Å². The van der Waals surface area contributed by atoms with E-state index in [0.717, 1.165) is 18.3 Å². The van der Waals surface area contributed by atoms with Crippen molar-refractivity contribution in [2.75, 3.05) is 18.1 Å². The van der Waals surface area contributed by atoms with Gasteiger partial charge in [0.25, 0.3) is 11.1 Å². The van der Waals surface area contributed by atoms with Crippen LogP contribution in [-0.2, 0) is 28.2 Å². The van der Waals surface area contributed by atoms with Crippen LogP contribution in [0.25, 0.3) is 0 Å². The van der Waals surface area contributed by atoms with Crippen LogP contribution >= 0.6 is 23.2 Å². The largest absolute Gasteiger partial charge is 0.494 e. The topological polar surface area (TPSA) is 149 Å². The van der Waals surface area contributed by atoms with Crippen LogP contribution in [0, 0.1) is 0 Å². The lowest BCUT2D eigenvalue weighted by Crippen LogP contribution is -2.44. The van der Waals surface area contributed by atoms with Crippen molar-refractivity contribution >= 4 is 34.8 Å². The van der Waals surface area contributed by atoms with Crippen LogP contribution in [0.5, 0.6) is 5.75 Å². The minimum Gasteiger partial charge on any atom is -0.494 e. The lowest BCUT2D eigenvalue weighted by molar-refractivity contribution is 0.340. The van der Waals surface area contributed by atoms with E-state index in [2.05, 4.69) is 0 Å². The molecule has 2 heterocycles. The number of aromatic nitrogens is 4. The third-order valence-electron chi connectivity index (χ3n) is 5.72. The number of nitrogens with two attached hydrogens (primary N) is 2. The molecule has 0 saturated heterocycles. The van der Waals surface area contributed by atoms with E-state index in [4.69, 9.17) is 39.4 Å². The molecule has 0 spiro atoms. The van der Waals surface area contributed by atoms with Gasteiger partial charge in [0.05, 0.1) is 23.7 Å². The van der Waals surface area contributed by atoms with E-state index in [-0.39, 0.29) is 38.4 Å². The van der Waals surface area contributed by atoms with Gasteiger partial charge < -0.3 is 16.2 Å². The second-order valence-corrected chi connectivity index (χ2v) is 8.49. The predicted octanol–water partition coefficient (Wildman–Crippen LogP) is 0.532. The van der Waals surface area contributed by atoms with Crippen LogP contribution < -0.4 is 38.7 Å². The van der Waals surface area contributed by atoms with Gasteiger partial charge in [0.2, 0.25) is 0 Å². The average molecular weight is 511 g/mol. The number of rotatable bonds is 5. The van der Waals surface area contributed by atoms with Gasteiger partial charge >= 0.3 is 11.4 Å². The van der Waals surface area contributed by atoms with Crippen molar-refractivity contribution < 1.29 is 4.74 Å². The maximum Gasteiger partial charge on any atom is 0.332 e. The number of anilines is 2. The summed E-state index contributed by atoms with van der Waals surface area (Å²) < 4.78 is 9.28. The molecule has 0 unspecified atom stereocenters. The molecule has 0 aliphatic carbocycles. The lowest BCUT2D eigenvalue weighted by Gasteiger charge is -2.25. The fourth-order valence-corrected chi connectivity index (χ4v) is 4.52. The van der Waals surface area contributed by atoms with Gasteiger partial charge in [-0.2, -0.15) is 0 Å². The first-order valence-corrected chi connectivity index (χ1v) is 10.8. The molecular weight excluding hydrogens is 487 g/mol. The van der Waals surface area contributed by atoms with Crippen LogP contribution in [0.2, 0.25) is 10.0 Å². The summed E-state index contributed by atoms with van der Waals surface area (Å²) in [5.74, 6) is -1.38. The summed E-state index contributed by atoms with van der Waals surface area (Å²) in [6.45, 7) is 2.13. The number of ether oxygens (including phenoxy) is 1. The van der Waals surface area contributed by atoms with Crippen molar-refractivity contribution in [3.63, 3.8) is 0 Å². The number of hydrogen-bond acceptors (Lipinski definition) is 7. The second-order valence-electron chi connectivity index (χ2n) is 7.68. The highest BCUT2D eigenvalue weighted by atomic mass is 35.5. The predicted molar refractivity (Wildman–Crippen MR) is 131 cm³/mol. The number of benzene rings is 1. The maximum absolute atomic E-state index is 13.3. The van der Waals surface area contributed by atoms with Crippen molar-refractivity contribution in [3.05, 3.63) is 80.5 Å². The molecule has 0 fully saturated rings. The highest BCUT2D eigenvalue weighted by Crippen LogP contribution is 2.42. The molecule has 0 atom stereocenters. The number of nitrogen functional groups attached to an aromatic ring is 2. The van der Waals surface area contributed by atoms with E-state index in [1.165, 1.54) is 40.3 Å². The Labute approximate surface area is 203 Å². The molecule has 0 aliphatic heterocycles. The number of nitrogens with zero attached hydrogens (tertiary/aromatic N) is 4. The molecule has 0 bridgehead atoms. The number of halogens is 2. The summed E-state index contributed by atoms with van der Waals surface area (Å²) in [5, 5.41) is 0.123. The molecule has 1 aromatic carbocycles. The van der Waals surface area contributed by atoms with E-state index >= 15 is 0 Å². The molecule has 13 heteroatoms. The molecule has 0 amide bonds. The van der Waals surface area contributed by atoms with E-state index in [1.807, 2.05) is 0 Å². The number of hydrogen-bond donors (Lipinski definition) is 2. The maximum atomic E-state index is 13.3. The molecule has 3 aromatic rings. The Hall–Kier alpha value is -3.44. The van der Waals surface area contributed by atoms with E-state index in [1.54, 1.807) is 6.92 Å². The summed E-state index contributed by atoms with van der Waals surface area (Å²) in [6.07, 6.45) is 0. The van der Waals surface area contributed by atoms with Crippen molar-refractivity contribution in [2.24, 2.45) is 28.2 Å². The average Bonchev–Trinajstić information content (AvgIpc) is 2.78. The summed E-state index contributed by atoms with van der Waals surface area (Å²) >= 11 is 13.2. The van der Waals surface area contributed by atoms with Crippen molar-refractivity contribution in [1.82, 2.24) is 18.3 Å². The van der Waals surface area contributed by atoms with E-state index < -0.39 is 28.4 Å². The zero-order chi connectivity index (χ0) is 25.6. The first-order valence-electron chi connectivity index (χ1n) is 10.1. The van der Waals surface area contributed by atoms with Gasteiger partial charge in [-0.05, 0) is 19.1 Å². The fourth-order valence-electron chi connectivity index (χ4n) is 3.83. The van der Waals surface area contributed by atoms with Gasteiger partial charge in [-0.3, -0.25) is 27.9 Å². The summed E-state index contributed by atoms with van der Waals surface area (Å²) in [5.41, 5.74) is 9.40. The van der Waals surface area contributed by atoms with Gasteiger partial charge in [0, 0.05) is 43.8 Å². The molecule has 34 heavy (non-hydrogen) atoms. The van der Waals surface area contributed by atoms with Gasteiger partial charge in [-0.1, -0.05) is 23.2 Å². The monoisotopic (exact) mass is 510 g/mol. The third kappa shape index (κ3) is 3.80. The van der Waals surface area contributed by atoms with Gasteiger partial charge in [0.15, 0.2) is 0 Å². The molecule has 182 valence electrons. The highest BCUT2D eigenvalue weighted by molar-refractivity contribution is 6.36. The Bertz CT molecular complexity index is 1440. The van der Waals surface area contributed by atoms with Gasteiger partial charge in [0.1, 0.15) is 17.4 Å². The summed E-state index contributed by atoms with van der Waals surface area (Å²) in [7, 11) is 5.30. The second kappa shape index (κ2) is 9.07. The zero-order valence-corrected chi connectivity index (χ0v) is 20.7. The quantitative estimate of drug-likeness (QED) is 0.508. The summed E-state index contributed by atoms with van der Waals surface area (Å²) in [6, 6.07) is 2.95. The molecule has 3 rings (SSSR count). The molecule has 0 aliphatic rings. The minimum absolute atomic E-state index is 0.0616. The van der Waals surface area contributed by atoms with Crippen LogP contribution in [0.1, 0.15) is 29.5 Å². The standard InChI is InChI=1S/C21H24Cl2N6O5/c1-6-34-9-7-10(22)12(11(23)8-9)13(14-16(24)26(2)20(32)28(4)18(14)30)15-17(25)27(3)21(33)29(5)19(15)31/h7-8,13H,6,24-25H2,1-5H3. The third-order valence-corrected chi connectivity index (χ3v) is 6.35. The zero-order valence-electron chi connectivity index (χ0n) is 19.2. The molecular formula is C21H24Cl2N6O5. The van der Waals surface area contributed by atoms with Crippen molar-refractivity contribution in [3.8, 4) is 5.75 Å². The van der Waals surface area contributed by atoms with Crippen LogP contribution in [-0.4, -0.2) is 24.9 Å². The van der Waals surface area contributed by atoms with Crippen LogP contribution in [0.4, 0.5) is 11.6 Å². The fraction of sp³-hybridized carbons (Fsp3) is 0.333. The first-order chi connectivity index (χ1) is 15.8. The summed E-state index contributed by atoms with van der Waals surface area (Å²) in [4.78, 5) is 51.6. The van der Waals surface area contributed by atoms with E-state index in [9.17, 15) is 19.2 Å². The van der Waals surface area contributed by atoms with Crippen molar-refractivity contribution in [2.45, 2.75) is 12.8 Å². The molecule has 0 radical (unpaired) electrons. The Morgan fingerprint density at radius 2 is 1.15 bits per heavy atom. The Kier molecular flexibility index (Phi) is 6.72. The Morgan fingerprint density at radius 3 is 1.50 bits per heavy atom.